The number of halogens is 1. The van der Waals surface area contributed by atoms with Gasteiger partial charge in [0.15, 0.2) is 0 Å². The molecule has 11 heteroatoms. The fourth-order valence-electron chi connectivity index (χ4n) is 5.80. The van der Waals surface area contributed by atoms with E-state index in [2.05, 4.69) is 26.3 Å². The molecule has 4 rings (SSSR count). The van der Waals surface area contributed by atoms with Crippen LogP contribution < -0.4 is 21.3 Å². The summed E-state index contributed by atoms with van der Waals surface area (Å²) >= 11 is 0. The molecule has 1 saturated heterocycles. The first-order valence-corrected chi connectivity index (χ1v) is 14.5. The highest BCUT2D eigenvalue weighted by atomic mass is 19.1. The number of fused-ring (bicyclic) bond motifs is 1. The van der Waals surface area contributed by atoms with Gasteiger partial charge in [0.2, 0.25) is 17.7 Å². The Morgan fingerprint density at radius 2 is 1.76 bits per heavy atom. The molecule has 1 aromatic heterocycles. The maximum Gasteiger partial charge on any atom is 0.268 e. The van der Waals surface area contributed by atoms with Gasteiger partial charge < -0.3 is 31.0 Å². The third-order valence-corrected chi connectivity index (χ3v) is 8.12. The lowest BCUT2D eigenvalue weighted by atomic mass is 9.84. The average molecular weight is 570 g/mol. The number of rotatable bonds is 12. The van der Waals surface area contributed by atoms with Gasteiger partial charge >= 0.3 is 0 Å². The topological polar surface area (TPSA) is 149 Å². The van der Waals surface area contributed by atoms with E-state index in [1.165, 1.54) is 13.8 Å². The van der Waals surface area contributed by atoms with Crippen LogP contribution in [0.15, 0.2) is 30.3 Å². The van der Waals surface area contributed by atoms with Gasteiger partial charge in [-0.3, -0.25) is 19.2 Å². The molecule has 0 bridgehead atoms. The molecular formula is C30H40FN5O5. The number of carbonyl (C=O) groups is 5. The van der Waals surface area contributed by atoms with Crippen LogP contribution in [0.3, 0.4) is 0 Å². The molecule has 41 heavy (non-hydrogen) atoms. The summed E-state index contributed by atoms with van der Waals surface area (Å²) < 4.78 is 15.4. The van der Waals surface area contributed by atoms with Crippen molar-refractivity contribution in [2.75, 3.05) is 6.54 Å². The van der Waals surface area contributed by atoms with Gasteiger partial charge in [0.25, 0.3) is 5.91 Å². The van der Waals surface area contributed by atoms with Gasteiger partial charge in [0.05, 0.1) is 6.04 Å². The average Bonchev–Trinajstić information content (AvgIpc) is 3.56. The predicted molar refractivity (Wildman–Crippen MR) is 152 cm³/mol. The van der Waals surface area contributed by atoms with Crippen LogP contribution in [0.5, 0.6) is 0 Å². The van der Waals surface area contributed by atoms with E-state index >= 15 is 4.39 Å². The van der Waals surface area contributed by atoms with Crippen LogP contribution >= 0.6 is 0 Å². The highest BCUT2D eigenvalue weighted by molar-refractivity contribution is 6.01. The third kappa shape index (κ3) is 7.92. The fraction of sp³-hybridized carbons (Fsp3) is 0.567. The van der Waals surface area contributed by atoms with Crippen LogP contribution in [0.1, 0.15) is 75.7 Å². The van der Waals surface area contributed by atoms with Crippen LogP contribution in [0.4, 0.5) is 4.39 Å². The number of aldehydes is 1. The van der Waals surface area contributed by atoms with Gasteiger partial charge in [-0.2, -0.15) is 0 Å². The summed E-state index contributed by atoms with van der Waals surface area (Å²) in [7, 11) is 0. The predicted octanol–water partition coefficient (Wildman–Crippen LogP) is 2.68. The number of aromatic nitrogens is 1. The van der Waals surface area contributed by atoms with Crippen LogP contribution in [0.2, 0.25) is 0 Å². The van der Waals surface area contributed by atoms with Crippen molar-refractivity contribution in [2.45, 2.75) is 89.0 Å². The lowest BCUT2D eigenvalue weighted by Gasteiger charge is -2.31. The largest absolute Gasteiger partial charge is 0.356 e. The number of nitrogens with one attached hydrogen (secondary N) is 5. The van der Waals surface area contributed by atoms with Gasteiger partial charge in [-0.15, -0.1) is 0 Å². The Kier molecular flexibility index (Phi) is 9.77. The van der Waals surface area contributed by atoms with Crippen LogP contribution in [0.25, 0.3) is 10.9 Å². The molecule has 2 aromatic rings. The number of hydrogen-bond donors (Lipinski definition) is 5. The molecule has 10 nitrogen and oxygen atoms in total. The summed E-state index contributed by atoms with van der Waals surface area (Å²) in [6.07, 6.45) is 6.58. The second kappa shape index (κ2) is 13.3. The van der Waals surface area contributed by atoms with Crippen molar-refractivity contribution in [3.8, 4) is 0 Å². The van der Waals surface area contributed by atoms with Crippen molar-refractivity contribution in [2.24, 2.45) is 11.8 Å². The van der Waals surface area contributed by atoms with Crippen molar-refractivity contribution in [3.05, 3.63) is 36.0 Å². The summed E-state index contributed by atoms with van der Waals surface area (Å²) in [6, 6.07) is 5.35. The molecule has 2 heterocycles. The van der Waals surface area contributed by atoms with Crippen molar-refractivity contribution in [3.63, 3.8) is 0 Å². The van der Waals surface area contributed by atoms with E-state index in [1.54, 1.807) is 12.1 Å². The van der Waals surface area contributed by atoms with E-state index in [-0.39, 0.29) is 29.9 Å². The Morgan fingerprint density at radius 3 is 2.39 bits per heavy atom. The van der Waals surface area contributed by atoms with Crippen LogP contribution in [0, 0.1) is 11.8 Å². The number of benzene rings is 1. The minimum absolute atomic E-state index is 0.156. The van der Waals surface area contributed by atoms with Gasteiger partial charge in [0.1, 0.15) is 29.7 Å². The zero-order chi connectivity index (χ0) is 29.6. The summed E-state index contributed by atoms with van der Waals surface area (Å²) in [5, 5.41) is 11.4. The molecule has 1 aliphatic heterocycles. The molecule has 1 aromatic carbocycles. The molecule has 1 saturated carbocycles. The Labute approximate surface area is 239 Å². The number of hydrogen-bond acceptors (Lipinski definition) is 5. The molecule has 4 amide bonds. The third-order valence-electron chi connectivity index (χ3n) is 8.12. The first kappa shape index (κ1) is 30.2. The van der Waals surface area contributed by atoms with E-state index < -0.39 is 41.5 Å². The number of aromatic amines is 1. The standard InChI is InChI=1S/C30H40FN5O5/c1-30(2,31)25(36-28(40)24-16-19-10-6-7-11-22(19)34-24)29(41)35-23(14-18-8-4-3-5-9-18)27(39)33-21(17-37)15-20-12-13-32-26(20)38/h6-7,10-11,16-18,20-21,23,25,34H,3-5,8-9,12-15H2,1-2H3,(H,32,38)(H,33,39)(H,35,41)(H,36,40)/t20-,21-,23-,25+/m0/s1. The SMILES string of the molecule is CC(C)(F)[C@H](NC(=O)c1cc2ccccc2[nH]1)C(=O)N[C@@H](CC1CCCCC1)C(=O)N[C@H](C=O)C[C@@H]1CCNC1=O. The molecule has 1 aliphatic carbocycles. The smallest absolute Gasteiger partial charge is 0.268 e. The summed E-state index contributed by atoms with van der Waals surface area (Å²) in [5.41, 5.74) is -1.25. The number of para-hydroxylation sites is 1. The highest BCUT2D eigenvalue weighted by Crippen LogP contribution is 2.28. The number of H-pyrrole nitrogens is 1. The van der Waals surface area contributed by atoms with Crippen molar-refractivity contribution in [1.29, 1.82) is 0 Å². The monoisotopic (exact) mass is 569 g/mol. The van der Waals surface area contributed by atoms with Gasteiger partial charge in [-0.05, 0) is 51.2 Å². The molecule has 0 unspecified atom stereocenters. The van der Waals surface area contributed by atoms with E-state index in [0.717, 1.165) is 43.0 Å². The van der Waals surface area contributed by atoms with Crippen LogP contribution in [-0.2, 0) is 19.2 Å². The maximum absolute atomic E-state index is 15.4. The lowest BCUT2D eigenvalue weighted by Crippen LogP contribution is -2.60. The molecule has 2 fully saturated rings. The fourth-order valence-corrected chi connectivity index (χ4v) is 5.80. The molecule has 2 aliphatic rings. The molecule has 5 N–H and O–H groups in total. The summed E-state index contributed by atoms with van der Waals surface area (Å²) in [4.78, 5) is 66.7. The van der Waals surface area contributed by atoms with Gasteiger partial charge in [0, 0.05) is 23.4 Å². The van der Waals surface area contributed by atoms with E-state index in [0.29, 0.717) is 25.7 Å². The number of carbonyl (C=O) groups excluding carboxylic acids is 5. The highest BCUT2D eigenvalue weighted by Gasteiger charge is 2.39. The molecule has 0 spiro atoms. The molecular weight excluding hydrogens is 529 g/mol. The van der Waals surface area contributed by atoms with Gasteiger partial charge in [-0.1, -0.05) is 50.3 Å². The van der Waals surface area contributed by atoms with Crippen LogP contribution in [-0.4, -0.2) is 65.2 Å². The molecule has 0 radical (unpaired) electrons. The van der Waals surface area contributed by atoms with Crippen molar-refractivity contribution >= 4 is 40.8 Å². The maximum atomic E-state index is 15.4. The summed E-state index contributed by atoms with van der Waals surface area (Å²) in [5.74, 6) is -2.43. The molecule has 4 atom stereocenters. The first-order chi connectivity index (χ1) is 19.5. The quantitative estimate of drug-likeness (QED) is 0.249. The second-order valence-electron chi connectivity index (χ2n) is 11.8. The Balaban J connectivity index is 1.48. The zero-order valence-electron chi connectivity index (χ0n) is 23.6. The summed E-state index contributed by atoms with van der Waals surface area (Å²) in [6.45, 7) is 2.90. The zero-order valence-corrected chi connectivity index (χ0v) is 23.6. The Bertz CT molecular complexity index is 1230. The van der Waals surface area contributed by atoms with E-state index in [4.69, 9.17) is 0 Å². The normalized spacial score (nSPS) is 20.1. The van der Waals surface area contributed by atoms with Crippen molar-refractivity contribution < 1.29 is 28.4 Å². The van der Waals surface area contributed by atoms with Gasteiger partial charge in [-0.25, -0.2) is 4.39 Å². The molecule has 222 valence electrons. The number of amides is 4. The van der Waals surface area contributed by atoms with Crippen molar-refractivity contribution in [1.82, 2.24) is 26.3 Å². The van der Waals surface area contributed by atoms with E-state index in [1.807, 2.05) is 18.2 Å². The Morgan fingerprint density at radius 1 is 1.02 bits per heavy atom. The Hall–Kier alpha value is -3.76. The first-order valence-electron chi connectivity index (χ1n) is 14.5. The second-order valence-corrected chi connectivity index (χ2v) is 11.8. The van der Waals surface area contributed by atoms with E-state index in [9.17, 15) is 24.0 Å². The lowest BCUT2D eigenvalue weighted by molar-refractivity contribution is -0.133. The number of alkyl halides is 1. The minimum Gasteiger partial charge on any atom is -0.356 e. The minimum atomic E-state index is -2.15.